The quantitative estimate of drug-likeness (QED) is 0.798. The third-order valence-electron chi connectivity index (χ3n) is 2.88. The Balaban J connectivity index is 2.18. The van der Waals surface area contributed by atoms with E-state index in [4.69, 9.17) is 9.47 Å². The number of aryl methyl sites for hydroxylation is 1. The van der Waals surface area contributed by atoms with Crippen LogP contribution in [0.3, 0.4) is 0 Å². The van der Waals surface area contributed by atoms with Crippen molar-refractivity contribution in [1.29, 1.82) is 0 Å². The molecule has 0 bridgehead atoms. The van der Waals surface area contributed by atoms with Gasteiger partial charge >= 0.3 is 5.97 Å². The van der Waals surface area contributed by atoms with Crippen molar-refractivity contribution in [1.82, 2.24) is 0 Å². The molecule has 0 unspecified atom stereocenters. The highest BCUT2D eigenvalue weighted by Crippen LogP contribution is 2.31. The molecule has 2 rings (SSSR count). The molecular formula is C16H16O3S. The Morgan fingerprint density at radius 2 is 1.75 bits per heavy atom. The number of benzene rings is 2. The van der Waals surface area contributed by atoms with Crippen molar-refractivity contribution >= 4 is 17.7 Å². The van der Waals surface area contributed by atoms with Crippen LogP contribution >= 0.6 is 11.8 Å². The summed E-state index contributed by atoms with van der Waals surface area (Å²) in [5.41, 5.74) is 1.62. The fourth-order valence-corrected chi connectivity index (χ4v) is 2.66. The van der Waals surface area contributed by atoms with E-state index in [2.05, 4.69) is 0 Å². The molecule has 2 aromatic carbocycles. The number of carbonyl (C=O) groups excluding carboxylic acids is 1. The van der Waals surface area contributed by atoms with Crippen LogP contribution < -0.4 is 4.74 Å². The molecule has 0 saturated carbocycles. The van der Waals surface area contributed by atoms with E-state index < -0.39 is 0 Å². The normalized spacial score (nSPS) is 10.2. The van der Waals surface area contributed by atoms with Gasteiger partial charge in [-0.3, -0.25) is 0 Å². The lowest BCUT2D eigenvalue weighted by Gasteiger charge is -2.08. The Kier molecular flexibility index (Phi) is 4.69. The summed E-state index contributed by atoms with van der Waals surface area (Å²) < 4.78 is 9.85. The Morgan fingerprint density at radius 1 is 1.05 bits per heavy atom. The number of carbonyl (C=O) groups is 1. The van der Waals surface area contributed by atoms with Crippen molar-refractivity contribution in [2.75, 3.05) is 14.2 Å². The van der Waals surface area contributed by atoms with Gasteiger partial charge in [-0.25, -0.2) is 4.79 Å². The number of methoxy groups -OCH3 is 2. The average molecular weight is 288 g/mol. The predicted molar refractivity (Wildman–Crippen MR) is 79.6 cm³/mol. The van der Waals surface area contributed by atoms with E-state index in [9.17, 15) is 4.79 Å². The molecule has 4 heteroatoms. The Morgan fingerprint density at radius 3 is 2.30 bits per heavy atom. The maximum absolute atomic E-state index is 11.5. The van der Waals surface area contributed by atoms with Crippen molar-refractivity contribution in [2.45, 2.75) is 16.7 Å². The minimum Gasteiger partial charge on any atom is -0.497 e. The molecule has 0 atom stereocenters. The number of rotatable bonds is 4. The second-order valence-corrected chi connectivity index (χ2v) is 5.36. The van der Waals surface area contributed by atoms with Crippen molar-refractivity contribution in [3.63, 3.8) is 0 Å². The SMILES string of the molecule is COC(=O)c1ccc(Sc2ccc(OC)cc2)c(C)c1. The summed E-state index contributed by atoms with van der Waals surface area (Å²) in [6.45, 7) is 1.98. The van der Waals surface area contributed by atoms with Crippen LogP contribution in [0.5, 0.6) is 5.75 Å². The zero-order valence-electron chi connectivity index (χ0n) is 11.7. The van der Waals surface area contributed by atoms with Gasteiger partial charge in [-0.05, 0) is 55.0 Å². The van der Waals surface area contributed by atoms with Gasteiger partial charge in [-0.15, -0.1) is 0 Å². The van der Waals surface area contributed by atoms with Crippen LogP contribution in [0.2, 0.25) is 0 Å². The standard InChI is InChI=1S/C16H16O3S/c1-11-10-12(16(17)19-3)4-9-15(11)20-14-7-5-13(18-2)6-8-14/h4-10H,1-3H3. The van der Waals surface area contributed by atoms with Crippen molar-refractivity contribution in [3.8, 4) is 5.75 Å². The van der Waals surface area contributed by atoms with E-state index in [-0.39, 0.29) is 5.97 Å². The first-order valence-electron chi connectivity index (χ1n) is 6.15. The molecule has 0 N–H and O–H groups in total. The molecule has 0 fully saturated rings. The first kappa shape index (κ1) is 14.5. The lowest BCUT2D eigenvalue weighted by molar-refractivity contribution is 0.0600. The molecule has 0 spiro atoms. The van der Waals surface area contributed by atoms with Gasteiger partial charge in [0.1, 0.15) is 5.75 Å². The summed E-state index contributed by atoms with van der Waals surface area (Å²) in [5.74, 6) is 0.529. The van der Waals surface area contributed by atoms with Gasteiger partial charge in [-0.1, -0.05) is 11.8 Å². The fraction of sp³-hybridized carbons (Fsp3) is 0.188. The molecule has 104 valence electrons. The fourth-order valence-electron chi connectivity index (χ4n) is 1.78. The number of hydrogen-bond acceptors (Lipinski definition) is 4. The molecule has 0 saturated heterocycles. The summed E-state index contributed by atoms with van der Waals surface area (Å²) in [4.78, 5) is 13.7. The Bertz CT molecular complexity index is 606. The molecule has 0 aliphatic rings. The summed E-state index contributed by atoms with van der Waals surface area (Å²) in [5, 5.41) is 0. The van der Waals surface area contributed by atoms with Crippen LogP contribution in [0.1, 0.15) is 15.9 Å². The van der Waals surface area contributed by atoms with E-state index in [0.717, 1.165) is 21.1 Å². The maximum atomic E-state index is 11.5. The molecule has 3 nitrogen and oxygen atoms in total. The van der Waals surface area contributed by atoms with E-state index >= 15 is 0 Å². The molecule has 0 heterocycles. The van der Waals surface area contributed by atoms with E-state index in [1.807, 2.05) is 43.3 Å². The number of esters is 1. The third kappa shape index (κ3) is 3.33. The number of hydrogen-bond donors (Lipinski definition) is 0. The highest BCUT2D eigenvalue weighted by molar-refractivity contribution is 7.99. The van der Waals surface area contributed by atoms with Crippen molar-refractivity contribution < 1.29 is 14.3 Å². The molecule has 0 amide bonds. The molecule has 0 radical (unpaired) electrons. The second-order valence-electron chi connectivity index (χ2n) is 4.25. The topological polar surface area (TPSA) is 35.5 Å². The molecular weight excluding hydrogens is 272 g/mol. The molecule has 0 aliphatic heterocycles. The highest BCUT2D eigenvalue weighted by atomic mass is 32.2. The first-order valence-corrected chi connectivity index (χ1v) is 6.96. The number of ether oxygens (including phenoxy) is 2. The molecule has 0 aromatic heterocycles. The van der Waals surface area contributed by atoms with Gasteiger partial charge in [0.25, 0.3) is 0 Å². The van der Waals surface area contributed by atoms with Gasteiger partial charge < -0.3 is 9.47 Å². The molecule has 20 heavy (non-hydrogen) atoms. The summed E-state index contributed by atoms with van der Waals surface area (Å²) in [6.07, 6.45) is 0. The zero-order chi connectivity index (χ0) is 14.5. The Hall–Kier alpha value is -1.94. The van der Waals surface area contributed by atoms with E-state index in [1.165, 1.54) is 7.11 Å². The van der Waals surface area contributed by atoms with Crippen LogP contribution in [0, 0.1) is 6.92 Å². The van der Waals surface area contributed by atoms with Crippen LogP contribution in [0.25, 0.3) is 0 Å². The monoisotopic (exact) mass is 288 g/mol. The minimum absolute atomic E-state index is 0.311. The van der Waals surface area contributed by atoms with E-state index in [1.54, 1.807) is 24.9 Å². The average Bonchev–Trinajstić information content (AvgIpc) is 2.49. The maximum Gasteiger partial charge on any atom is 0.337 e. The Labute approximate surface area is 122 Å². The summed E-state index contributed by atoms with van der Waals surface area (Å²) in [6, 6.07) is 13.5. The first-order chi connectivity index (χ1) is 9.63. The zero-order valence-corrected chi connectivity index (χ0v) is 12.5. The van der Waals surface area contributed by atoms with E-state index in [0.29, 0.717) is 5.56 Å². The van der Waals surface area contributed by atoms with Gasteiger partial charge in [0, 0.05) is 9.79 Å². The highest BCUT2D eigenvalue weighted by Gasteiger charge is 2.08. The molecule has 0 aliphatic carbocycles. The van der Waals surface area contributed by atoms with Gasteiger partial charge in [0.15, 0.2) is 0 Å². The van der Waals surface area contributed by atoms with Crippen LogP contribution in [-0.4, -0.2) is 20.2 Å². The minimum atomic E-state index is -0.311. The smallest absolute Gasteiger partial charge is 0.337 e. The van der Waals surface area contributed by atoms with Gasteiger partial charge in [0.2, 0.25) is 0 Å². The second kappa shape index (κ2) is 6.48. The van der Waals surface area contributed by atoms with Gasteiger partial charge in [-0.2, -0.15) is 0 Å². The van der Waals surface area contributed by atoms with Crippen LogP contribution in [-0.2, 0) is 4.74 Å². The lowest BCUT2D eigenvalue weighted by Crippen LogP contribution is -2.01. The largest absolute Gasteiger partial charge is 0.497 e. The van der Waals surface area contributed by atoms with Crippen molar-refractivity contribution in [3.05, 3.63) is 53.6 Å². The van der Waals surface area contributed by atoms with Crippen LogP contribution in [0.15, 0.2) is 52.3 Å². The summed E-state index contributed by atoms with van der Waals surface area (Å²) >= 11 is 1.65. The van der Waals surface area contributed by atoms with Gasteiger partial charge in [0.05, 0.1) is 19.8 Å². The summed E-state index contributed by atoms with van der Waals surface area (Å²) in [7, 11) is 3.04. The van der Waals surface area contributed by atoms with Crippen LogP contribution in [0.4, 0.5) is 0 Å². The third-order valence-corrected chi connectivity index (χ3v) is 4.07. The van der Waals surface area contributed by atoms with Crippen molar-refractivity contribution in [2.24, 2.45) is 0 Å². The lowest BCUT2D eigenvalue weighted by atomic mass is 10.1. The molecule has 2 aromatic rings. The predicted octanol–water partition coefficient (Wildman–Crippen LogP) is 3.94.